The Morgan fingerprint density at radius 1 is 1.08 bits per heavy atom. The maximum absolute atomic E-state index is 9.28. The third kappa shape index (κ3) is 3.92. The van der Waals surface area contributed by atoms with Crippen LogP contribution in [0.5, 0.6) is 0 Å². The molecule has 1 fully saturated rings. The predicted octanol–water partition coefficient (Wildman–Crippen LogP) is 3.98. The van der Waals surface area contributed by atoms with Crippen LogP contribution in [0.3, 0.4) is 0 Å². The second-order valence-corrected chi connectivity index (χ2v) is 7.31. The highest BCUT2D eigenvalue weighted by molar-refractivity contribution is 5.83. The van der Waals surface area contributed by atoms with Gasteiger partial charge in [-0.15, -0.1) is 0 Å². The number of hydrogen-bond donors (Lipinski definition) is 3. The molecule has 3 aromatic rings. The van der Waals surface area contributed by atoms with Crippen LogP contribution in [0.25, 0.3) is 10.9 Å². The number of aliphatic hydroxyl groups excluding tert-OH is 1. The Kier molecular flexibility index (Phi) is 5.23. The van der Waals surface area contributed by atoms with Gasteiger partial charge in [0, 0.05) is 42.5 Å². The molecule has 0 unspecified atom stereocenters. The lowest BCUT2D eigenvalue weighted by Gasteiger charge is -2.31. The minimum atomic E-state index is 0.334. The largest absolute Gasteiger partial charge is 0.396 e. The van der Waals surface area contributed by atoms with Gasteiger partial charge < -0.3 is 15.4 Å². The van der Waals surface area contributed by atoms with Crippen LogP contribution in [0.15, 0.2) is 54.7 Å². The van der Waals surface area contributed by atoms with Crippen LogP contribution in [-0.2, 0) is 13.1 Å². The molecule has 4 nitrogen and oxygen atoms in total. The molecule has 1 aromatic heterocycles. The molecule has 0 radical (unpaired) electrons. The Morgan fingerprint density at radius 2 is 1.92 bits per heavy atom. The smallest absolute Gasteiger partial charge is 0.0460 e. The monoisotopic (exact) mass is 349 g/mol. The molecule has 1 saturated heterocycles. The van der Waals surface area contributed by atoms with E-state index < -0.39 is 0 Å². The average molecular weight is 349 g/mol. The topological polar surface area (TPSA) is 51.3 Å². The summed E-state index contributed by atoms with van der Waals surface area (Å²) < 4.78 is 0. The minimum Gasteiger partial charge on any atom is -0.396 e. The Hall–Kier alpha value is -2.30. The second kappa shape index (κ2) is 7.94. The summed E-state index contributed by atoms with van der Waals surface area (Å²) in [6.45, 7) is 4.31. The van der Waals surface area contributed by atoms with Crippen molar-refractivity contribution in [2.75, 3.05) is 25.0 Å². The van der Waals surface area contributed by atoms with Crippen molar-refractivity contribution in [3.05, 3.63) is 65.9 Å². The van der Waals surface area contributed by atoms with E-state index >= 15 is 0 Å². The van der Waals surface area contributed by atoms with Crippen molar-refractivity contribution in [3.63, 3.8) is 0 Å². The lowest BCUT2D eigenvalue weighted by atomic mass is 9.97. The Bertz CT molecular complexity index is 849. The molecule has 2 aromatic carbocycles. The van der Waals surface area contributed by atoms with Gasteiger partial charge in [0.1, 0.15) is 0 Å². The van der Waals surface area contributed by atoms with Gasteiger partial charge in [-0.2, -0.15) is 0 Å². The fourth-order valence-corrected chi connectivity index (χ4v) is 3.87. The van der Waals surface area contributed by atoms with E-state index in [4.69, 9.17) is 0 Å². The van der Waals surface area contributed by atoms with E-state index in [0.29, 0.717) is 12.5 Å². The Labute approximate surface area is 154 Å². The number of aliphatic hydroxyl groups is 1. The van der Waals surface area contributed by atoms with Gasteiger partial charge in [0.05, 0.1) is 0 Å². The molecular weight excluding hydrogens is 322 g/mol. The maximum Gasteiger partial charge on any atom is 0.0460 e. The summed E-state index contributed by atoms with van der Waals surface area (Å²) in [5.74, 6) is 0.496. The predicted molar refractivity (Wildman–Crippen MR) is 107 cm³/mol. The summed E-state index contributed by atoms with van der Waals surface area (Å²) in [6.07, 6.45) is 4.21. The maximum atomic E-state index is 9.28. The first-order chi connectivity index (χ1) is 12.8. The Morgan fingerprint density at radius 3 is 2.77 bits per heavy atom. The van der Waals surface area contributed by atoms with Crippen LogP contribution in [0.2, 0.25) is 0 Å². The van der Waals surface area contributed by atoms with Gasteiger partial charge in [0.2, 0.25) is 0 Å². The number of H-pyrrole nitrogens is 1. The van der Waals surface area contributed by atoms with Crippen molar-refractivity contribution in [1.82, 2.24) is 9.88 Å². The number of aromatic amines is 1. The number of likely N-dealkylation sites (tertiary alicyclic amines) is 1. The fourth-order valence-electron chi connectivity index (χ4n) is 3.87. The highest BCUT2D eigenvalue weighted by atomic mass is 16.3. The summed E-state index contributed by atoms with van der Waals surface area (Å²) in [5.41, 5.74) is 5.00. The summed E-state index contributed by atoms with van der Waals surface area (Å²) in [4.78, 5) is 5.76. The van der Waals surface area contributed by atoms with Crippen LogP contribution < -0.4 is 5.32 Å². The SMILES string of the molecule is OCC1CCN(Cc2cccc(NCc3cccc4[nH]ccc34)c2)CC1. The molecule has 136 valence electrons. The number of nitrogens with one attached hydrogen (secondary N) is 2. The van der Waals surface area contributed by atoms with Gasteiger partial charge in [-0.1, -0.05) is 24.3 Å². The molecule has 0 atom stereocenters. The van der Waals surface area contributed by atoms with Crippen LogP contribution in [0.4, 0.5) is 5.69 Å². The van der Waals surface area contributed by atoms with Crippen molar-refractivity contribution in [2.45, 2.75) is 25.9 Å². The summed E-state index contributed by atoms with van der Waals surface area (Å²) >= 11 is 0. The molecule has 4 heteroatoms. The molecular formula is C22H27N3O. The number of nitrogens with zero attached hydrogens (tertiary/aromatic N) is 1. The van der Waals surface area contributed by atoms with Crippen LogP contribution in [0.1, 0.15) is 24.0 Å². The molecule has 1 aliphatic heterocycles. The van der Waals surface area contributed by atoms with Gasteiger partial charge in [-0.25, -0.2) is 0 Å². The van der Waals surface area contributed by atoms with E-state index in [1.807, 2.05) is 6.20 Å². The van der Waals surface area contributed by atoms with Gasteiger partial charge >= 0.3 is 0 Å². The lowest BCUT2D eigenvalue weighted by Crippen LogP contribution is -2.34. The molecule has 0 aliphatic carbocycles. The molecule has 2 heterocycles. The molecule has 0 amide bonds. The third-order valence-corrected chi connectivity index (χ3v) is 5.47. The molecule has 1 aliphatic rings. The van der Waals surface area contributed by atoms with Crippen LogP contribution >= 0.6 is 0 Å². The van der Waals surface area contributed by atoms with E-state index in [0.717, 1.165) is 39.0 Å². The molecule has 26 heavy (non-hydrogen) atoms. The van der Waals surface area contributed by atoms with Crippen LogP contribution in [-0.4, -0.2) is 34.7 Å². The number of benzene rings is 2. The summed E-state index contributed by atoms with van der Waals surface area (Å²) in [5, 5.41) is 14.1. The minimum absolute atomic E-state index is 0.334. The second-order valence-electron chi connectivity index (χ2n) is 7.31. The van der Waals surface area contributed by atoms with Gasteiger partial charge in [0.15, 0.2) is 0 Å². The molecule has 4 rings (SSSR count). The van der Waals surface area contributed by atoms with Crippen molar-refractivity contribution < 1.29 is 5.11 Å². The molecule has 0 saturated carbocycles. The normalized spacial score (nSPS) is 16.2. The molecule has 0 bridgehead atoms. The number of anilines is 1. The van der Waals surface area contributed by atoms with E-state index in [9.17, 15) is 5.11 Å². The zero-order valence-electron chi connectivity index (χ0n) is 15.1. The highest BCUT2D eigenvalue weighted by Gasteiger charge is 2.18. The number of aromatic nitrogens is 1. The first-order valence-electron chi connectivity index (χ1n) is 9.53. The highest BCUT2D eigenvalue weighted by Crippen LogP contribution is 2.21. The van der Waals surface area contributed by atoms with E-state index in [1.54, 1.807) is 0 Å². The third-order valence-electron chi connectivity index (χ3n) is 5.47. The van der Waals surface area contributed by atoms with Crippen LogP contribution in [0, 0.1) is 5.92 Å². The van der Waals surface area contributed by atoms with E-state index in [1.165, 1.54) is 27.7 Å². The number of hydrogen-bond acceptors (Lipinski definition) is 3. The fraction of sp³-hybridized carbons (Fsp3) is 0.364. The lowest BCUT2D eigenvalue weighted by molar-refractivity contribution is 0.127. The number of fused-ring (bicyclic) bond motifs is 1. The van der Waals surface area contributed by atoms with E-state index in [2.05, 4.69) is 63.7 Å². The van der Waals surface area contributed by atoms with Gasteiger partial charge in [-0.05, 0) is 67.2 Å². The van der Waals surface area contributed by atoms with Crippen molar-refractivity contribution in [2.24, 2.45) is 5.92 Å². The number of rotatable bonds is 6. The van der Waals surface area contributed by atoms with Gasteiger partial charge in [0.25, 0.3) is 0 Å². The first-order valence-corrected chi connectivity index (χ1v) is 9.53. The summed E-state index contributed by atoms with van der Waals surface area (Å²) in [7, 11) is 0. The molecule has 3 N–H and O–H groups in total. The summed E-state index contributed by atoms with van der Waals surface area (Å²) in [6, 6.07) is 17.3. The van der Waals surface area contributed by atoms with Gasteiger partial charge in [-0.3, -0.25) is 4.90 Å². The zero-order chi connectivity index (χ0) is 17.8. The molecule has 0 spiro atoms. The number of piperidine rings is 1. The first kappa shape index (κ1) is 17.1. The van der Waals surface area contributed by atoms with E-state index in [-0.39, 0.29) is 0 Å². The van der Waals surface area contributed by atoms with Crippen molar-refractivity contribution in [3.8, 4) is 0 Å². The van der Waals surface area contributed by atoms with Crippen molar-refractivity contribution >= 4 is 16.6 Å². The van der Waals surface area contributed by atoms with Crippen molar-refractivity contribution in [1.29, 1.82) is 0 Å². The average Bonchev–Trinajstić information content (AvgIpc) is 3.17. The standard InChI is InChI=1S/C22H27N3O/c26-16-17-8-11-25(12-9-17)15-18-3-1-5-20(13-18)24-14-19-4-2-6-22-21(19)7-10-23-22/h1-7,10,13,17,23-24,26H,8-9,11-12,14-16H2. The zero-order valence-corrected chi connectivity index (χ0v) is 15.1. The Balaban J connectivity index is 1.38. The quantitative estimate of drug-likeness (QED) is 0.631.